The molecule has 0 saturated heterocycles. The number of benzene rings is 3. The van der Waals surface area contributed by atoms with Crippen molar-refractivity contribution in [2.45, 2.75) is 42.7 Å². The number of amides is 2. The molecule has 2 N–H and O–H groups in total. The normalized spacial score (nSPS) is 15.8. The molecule has 2 amide bonds. The van der Waals surface area contributed by atoms with E-state index in [0.29, 0.717) is 25.1 Å². The van der Waals surface area contributed by atoms with Crippen LogP contribution >= 0.6 is 0 Å². The lowest BCUT2D eigenvalue weighted by molar-refractivity contribution is -0.123. The van der Waals surface area contributed by atoms with Gasteiger partial charge in [0.05, 0.1) is 10.6 Å². The number of hydrogen-bond donors (Lipinski definition) is 2. The van der Waals surface area contributed by atoms with Crippen LogP contribution in [0.15, 0.2) is 83.8 Å². The Bertz CT molecular complexity index is 1350. The van der Waals surface area contributed by atoms with Crippen LogP contribution in [0.25, 0.3) is 0 Å². The van der Waals surface area contributed by atoms with E-state index in [2.05, 4.69) is 10.6 Å². The molecule has 180 valence electrons. The summed E-state index contributed by atoms with van der Waals surface area (Å²) in [5.74, 6) is -0.724. The third-order valence-electron chi connectivity index (χ3n) is 6.36. The van der Waals surface area contributed by atoms with Crippen molar-refractivity contribution in [1.82, 2.24) is 10.6 Å². The van der Waals surface area contributed by atoms with Crippen molar-refractivity contribution in [3.05, 3.63) is 95.6 Å². The fourth-order valence-corrected chi connectivity index (χ4v) is 5.86. The Kier molecular flexibility index (Phi) is 6.30. The summed E-state index contributed by atoms with van der Waals surface area (Å²) < 4.78 is 28.2. The monoisotopic (exact) mass is 489 g/mol. The van der Waals surface area contributed by atoms with Gasteiger partial charge in [0.15, 0.2) is 0 Å². The van der Waals surface area contributed by atoms with Crippen LogP contribution in [0.2, 0.25) is 0 Å². The van der Waals surface area contributed by atoms with Crippen molar-refractivity contribution < 1.29 is 18.0 Å². The van der Waals surface area contributed by atoms with Crippen LogP contribution in [0.5, 0.6) is 0 Å². The highest BCUT2D eigenvalue weighted by Crippen LogP contribution is 2.32. The molecule has 3 aromatic carbocycles. The zero-order valence-electron chi connectivity index (χ0n) is 19.2. The molecule has 1 fully saturated rings. The predicted octanol–water partition coefficient (Wildman–Crippen LogP) is 3.06. The maximum Gasteiger partial charge on any atom is 0.264 e. The Hall–Kier alpha value is -3.65. The van der Waals surface area contributed by atoms with E-state index < -0.39 is 22.0 Å². The van der Waals surface area contributed by atoms with E-state index in [-0.39, 0.29) is 22.4 Å². The van der Waals surface area contributed by atoms with Gasteiger partial charge in [0.25, 0.3) is 15.9 Å². The lowest BCUT2D eigenvalue weighted by Gasteiger charge is -2.21. The Balaban J connectivity index is 1.36. The highest BCUT2D eigenvalue weighted by Gasteiger charge is 2.32. The molecule has 0 aromatic heterocycles. The SMILES string of the molecule is O=C(NC(Cc1ccccc1)C(=O)NC1CC1)c1cccc(S(=O)(=O)N2CCc3ccccc32)c1. The third kappa shape index (κ3) is 5.07. The van der Waals surface area contributed by atoms with E-state index in [0.717, 1.165) is 24.0 Å². The molecular weight excluding hydrogens is 462 g/mol. The highest BCUT2D eigenvalue weighted by atomic mass is 32.2. The smallest absolute Gasteiger partial charge is 0.264 e. The summed E-state index contributed by atoms with van der Waals surface area (Å²) in [5.41, 5.74) is 2.76. The van der Waals surface area contributed by atoms with Crippen LogP contribution in [0.3, 0.4) is 0 Å². The topological polar surface area (TPSA) is 95.6 Å². The Morgan fingerprint density at radius 3 is 2.46 bits per heavy atom. The predicted molar refractivity (Wildman–Crippen MR) is 134 cm³/mol. The summed E-state index contributed by atoms with van der Waals surface area (Å²) in [4.78, 5) is 26.0. The number of hydrogen-bond acceptors (Lipinski definition) is 4. The van der Waals surface area contributed by atoms with E-state index in [1.165, 1.54) is 16.4 Å². The molecule has 5 rings (SSSR count). The fourth-order valence-electron chi connectivity index (χ4n) is 4.31. The average molecular weight is 490 g/mol. The summed E-state index contributed by atoms with van der Waals surface area (Å²) in [6, 6.07) is 22.3. The molecule has 1 heterocycles. The Morgan fingerprint density at radius 1 is 0.943 bits per heavy atom. The lowest BCUT2D eigenvalue weighted by atomic mass is 10.0. The minimum absolute atomic E-state index is 0.0453. The van der Waals surface area contributed by atoms with Crippen LogP contribution in [0.4, 0.5) is 5.69 Å². The number of nitrogens with one attached hydrogen (secondary N) is 2. The van der Waals surface area contributed by atoms with E-state index >= 15 is 0 Å². The van der Waals surface area contributed by atoms with Crippen LogP contribution in [-0.4, -0.2) is 38.9 Å². The molecule has 1 unspecified atom stereocenters. The lowest BCUT2D eigenvalue weighted by Crippen LogP contribution is -2.48. The molecule has 1 aliphatic heterocycles. The summed E-state index contributed by atoms with van der Waals surface area (Å²) >= 11 is 0. The Labute approximate surface area is 205 Å². The second-order valence-electron chi connectivity index (χ2n) is 8.98. The van der Waals surface area contributed by atoms with Gasteiger partial charge in [-0.05, 0) is 54.7 Å². The van der Waals surface area contributed by atoms with Crippen molar-refractivity contribution in [2.75, 3.05) is 10.8 Å². The molecule has 2 aliphatic rings. The number of carbonyl (C=O) groups is 2. The van der Waals surface area contributed by atoms with Crippen molar-refractivity contribution in [1.29, 1.82) is 0 Å². The number of para-hydroxylation sites is 1. The molecule has 0 spiro atoms. The number of nitrogens with zero attached hydrogens (tertiary/aromatic N) is 1. The average Bonchev–Trinajstić information content (AvgIpc) is 3.58. The van der Waals surface area contributed by atoms with Crippen LogP contribution < -0.4 is 14.9 Å². The maximum atomic E-state index is 13.4. The molecule has 1 atom stereocenters. The van der Waals surface area contributed by atoms with Gasteiger partial charge in [-0.15, -0.1) is 0 Å². The zero-order valence-corrected chi connectivity index (χ0v) is 20.0. The van der Waals surface area contributed by atoms with Crippen LogP contribution in [0.1, 0.15) is 34.3 Å². The van der Waals surface area contributed by atoms with E-state index in [4.69, 9.17) is 0 Å². The van der Waals surface area contributed by atoms with Gasteiger partial charge in [-0.3, -0.25) is 13.9 Å². The summed E-state index contributed by atoms with van der Waals surface area (Å²) in [5, 5.41) is 5.78. The quantitative estimate of drug-likeness (QED) is 0.508. The van der Waals surface area contributed by atoms with E-state index in [9.17, 15) is 18.0 Å². The van der Waals surface area contributed by atoms with Gasteiger partial charge < -0.3 is 10.6 Å². The Morgan fingerprint density at radius 2 is 1.69 bits per heavy atom. The summed E-state index contributed by atoms with van der Waals surface area (Å²) in [7, 11) is -3.84. The second-order valence-corrected chi connectivity index (χ2v) is 10.8. The van der Waals surface area contributed by atoms with Crippen molar-refractivity contribution in [2.24, 2.45) is 0 Å². The first-order chi connectivity index (χ1) is 16.9. The maximum absolute atomic E-state index is 13.4. The number of carbonyl (C=O) groups excluding carboxylic acids is 2. The molecule has 1 aliphatic carbocycles. The fraction of sp³-hybridized carbons (Fsp3) is 0.259. The zero-order chi connectivity index (χ0) is 24.4. The van der Waals surface area contributed by atoms with Gasteiger partial charge in [-0.1, -0.05) is 54.6 Å². The first-order valence-electron chi connectivity index (χ1n) is 11.8. The first kappa shape index (κ1) is 23.1. The van der Waals surface area contributed by atoms with Crippen LogP contribution in [0, 0.1) is 0 Å². The number of rotatable bonds is 8. The van der Waals surface area contributed by atoms with E-state index in [1.54, 1.807) is 18.2 Å². The number of sulfonamides is 1. The van der Waals surface area contributed by atoms with Gasteiger partial charge in [0.2, 0.25) is 5.91 Å². The van der Waals surface area contributed by atoms with Gasteiger partial charge in [0, 0.05) is 24.6 Å². The largest absolute Gasteiger partial charge is 0.352 e. The van der Waals surface area contributed by atoms with Gasteiger partial charge >= 0.3 is 0 Å². The molecule has 35 heavy (non-hydrogen) atoms. The molecule has 3 aromatic rings. The summed E-state index contributed by atoms with van der Waals surface area (Å²) in [6.07, 6.45) is 2.87. The summed E-state index contributed by atoms with van der Waals surface area (Å²) in [6.45, 7) is 0.360. The van der Waals surface area contributed by atoms with Gasteiger partial charge in [-0.2, -0.15) is 0 Å². The standard InChI is InChI=1S/C27H27N3O4S/c31-26(29-24(27(32)28-22-13-14-22)17-19-7-2-1-3-8-19)21-10-6-11-23(18-21)35(33,34)30-16-15-20-9-4-5-12-25(20)30/h1-12,18,22,24H,13-17H2,(H,28,32)(H,29,31). The van der Waals surface area contributed by atoms with Crippen molar-refractivity contribution >= 4 is 27.5 Å². The molecule has 0 radical (unpaired) electrons. The van der Waals surface area contributed by atoms with Crippen molar-refractivity contribution in [3.63, 3.8) is 0 Å². The minimum atomic E-state index is -3.84. The highest BCUT2D eigenvalue weighted by molar-refractivity contribution is 7.92. The van der Waals surface area contributed by atoms with Crippen molar-refractivity contribution in [3.8, 4) is 0 Å². The number of fused-ring (bicyclic) bond motifs is 1. The molecule has 1 saturated carbocycles. The number of anilines is 1. The van der Waals surface area contributed by atoms with Crippen LogP contribution in [-0.2, 0) is 27.7 Å². The molecule has 0 bridgehead atoms. The molecular formula is C27H27N3O4S. The molecule has 8 heteroatoms. The first-order valence-corrected chi connectivity index (χ1v) is 13.2. The molecule has 7 nitrogen and oxygen atoms in total. The van der Waals surface area contributed by atoms with E-state index in [1.807, 2.05) is 48.5 Å². The third-order valence-corrected chi connectivity index (χ3v) is 8.17. The minimum Gasteiger partial charge on any atom is -0.352 e. The second kappa shape index (κ2) is 9.54. The van der Waals surface area contributed by atoms with Gasteiger partial charge in [-0.25, -0.2) is 8.42 Å². The van der Waals surface area contributed by atoms with Gasteiger partial charge in [0.1, 0.15) is 6.04 Å².